The zero-order valence-corrected chi connectivity index (χ0v) is 21.4. The van der Waals surface area contributed by atoms with E-state index in [0.29, 0.717) is 22.4 Å². The normalized spacial score (nSPS) is 18.9. The molecule has 1 aliphatic heterocycles. The highest BCUT2D eigenvalue weighted by Crippen LogP contribution is 2.40. The van der Waals surface area contributed by atoms with Gasteiger partial charge in [0.15, 0.2) is 5.60 Å². The lowest BCUT2D eigenvalue weighted by Crippen LogP contribution is -2.40. The summed E-state index contributed by atoms with van der Waals surface area (Å²) in [6, 6.07) is 2.85. The number of aryl methyl sites for hydroxylation is 2. The first-order valence-corrected chi connectivity index (χ1v) is 11.8. The number of carbonyl (C=O) groups is 3. The van der Waals surface area contributed by atoms with Crippen LogP contribution in [-0.2, 0) is 20.9 Å². The molecule has 1 atom stereocenters. The second kappa shape index (κ2) is 10.2. The van der Waals surface area contributed by atoms with E-state index in [1.807, 2.05) is 0 Å². The number of benzene rings is 1. The molecular weight excluding hydrogens is 501 g/mol. The van der Waals surface area contributed by atoms with Crippen LogP contribution in [0.3, 0.4) is 0 Å². The molecule has 2 aliphatic rings. The van der Waals surface area contributed by atoms with Gasteiger partial charge in [0.25, 0.3) is 5.91 Å². The third-order valence-corrected chi connectivity index (χ3v) is 6.30. The van der Waals surface area contributed by atoms with Gasteiger partial charge in [-0.1, -0.05) is 29.8 Å². The van der Waals surface area contributed by atoms with E-state index in [1.165, 1.54) is 6.08 Å². The molecule has 0 N–H and O–H groups in total. The molecule has 1 aliphatic carbocycles. The van der Waals surface area contributed by atoms with E-state index in [0.717, 1.165) is 15.9 Å². The predicted molar refractivity (Wildman–Crippen MR) is 126 cm³/mol. The molecule has 1 fully saturated rings. The average molecular weight is 529 g/mol. The van der Waals surface area contributed by atoms with Gasteiger partial charge >= 0.3 is 18.2 Å². The zero-order valence-electron chi connectivity index (χ0n) is 20.7. The number of esters is 1. The number of ether oxygens (including phenoxy) is 2. The van der Waals surface area contributed by atoms with E-state index in [9.17, 15) is 27.6 Å². The number of alkyl halides is 3. The molecule has 1 aromatic carbocycles. The van der Waals surface area contributed by atoms with Gasteiger partial charge in [-0.25, -0.2) is 9.59 Å². The van der Waals surface area contributed by atoms with Gasteiger partial charge in [-0.05, 0) is 63.8 Å². The van der Waals surface area contributed by atoms with Crippen molar-refractivity contribution in [2.24, 2.45) is 5.92 Å². The minimum atomic E-state index is -4.50. The zero-order chi connectivity index (χ0) is 27.0. The van der Waals surface area contributed by atoms with Crippen molar-refractivity contribution in [2.45, 2.75) is 59.4 Å². The Bertz CT molecular complexity index is 1120. The largest absolute Gasteiger partial charge is 0.476 e. The van der Waals surface area contributed by atoms with Crippen molar-refractivity contribution >= 4 is 29.5 Å². The van der Waals surface area contributed by atoms with Crippen molar-refractivity contribution in [2.75, 3.05) is 13.2 Å². The number of allylic oxidation sites excluding steroid dienone is 3. The average Bonchev–Trinajstić information content (AvgIpc) is 3.04. The van der Waals surface area contributed by atoms with Gasteiger partial charge in [0.1, 0.15) is 12.3 Å². The van der Waals surface area contributed by atoms with E-state index in [1.54, 1.807) is 46.8 Å². The molecule has 0 aromatic heterocycles. The van der Waals surface area contributed by atoms with Gasteiger partial charge in [-0.15, -0.1) is 0 Å². The van der Waals surface area contributed by atoms with E-state index < -0.39 is 47.1 Å². The number of carbonyl (C=O) groups excluding carboxylic acids is 3. The summed E-state index contributed by atoms with van der Waals surface area (Å²) in [5.74, 6) is -2.33. The van der Waals surface area contributed by atoms with Crippen LogP contribution in [0.2, 0.25) is 0 Å². The first kappa shape index (κ1) is 27.6. The fraction of sp³-hybridized carbons (Fsp3) is 0.480. The highest BCUT2D eigenvalue weighted by molar-refractivity contribution is 6.30. The van der Waals surface area contributed by atoms with Crippen LogP contribution in [-0.4, -0.2) is 52.6 Å². The standard InChI is InChI=1S/C25H28ClF3N2O5/c1-6-35-22(33)24(4,5)36-21-14(2)9-16(10-15(21)3)12-31-20(32)13-30(23(31)34)17-7-8-18(19(26)11-17)25(27,28)29/h7,9-11,18H,6,8,12-13H2,1-5H3. The number of imide groups is 1. The van der Waals surface area contributed by atoms with Crippen molar-refractivity contribution < 1.29 is 37.0 Å². The molecule has 36 heavy (non-hydrogen) atoms. The molecule has 3 amide bonds. The van der Waals surface area contributed by atoms with Crippen LogP contribution in [0.4, 0.5) is 18.0 Å². The lowest BCUT2D eigenvalue weighted by Gasteiger charge is -2.27. The third kappa shape index (κ3) is 5.69. The fourth-order valence-electron chi connectivity index (χ4n) is 4.10. The lowest BCUT2D eigenvalue weighted by atomic mass is 9.98. The van der Waals surface area contributed by atoms with Crippen molar-refractivity contribution in [1.82, 2.24) is 9.80 Å². The second-order valence-corrected chi connectivity index (χ2v) is 9.66. The second-order valence-electron chi connectivity index (χ2n) is 9.23. The number of nitrogens with zero attached hydrogens (tertiary/aromatic N) is 2. The Morgan fingerprint density at radius 2 is 1.78 bits per heavy atom. The first-order chi connectivity index (χ1) is 16.7. The number of amides is 3. The summed E-state index contributed by atoms with van der Waals surface area (Å²) in [5, 5.41) is -0.425. The molecule has 196 valence electrons. The molecule has 1 unspecified atom stereocenters. The van der Waals surface area contributed by atoms with Gasteiger partial charge in [-0.3, -0.25) is 14.6 Å². The third-order valence-electron chi connectivity index (χ3n) is 5.93. The van der Waals surface area contributed by atoms with Crippen molar-refractivity contribution in [1.29, 1.82) is 0 Å². The van der Waals surface area contributed by atoms with Crippen molar-refractivity contribution in [3.63, 3.8) is 0 Å². The van der Waals surface area contributed by atoms with Gasteiger partial charge in [0.2, 0.25) is 0 Å². The molecule has 7 nitrogen and oxygen atoms in total. The fourth-order valence-corrected chi connectivity index (χ4v) is 4.43. The van der Waals surface area contributed by atoms with Gasteiger partial charge in [0.05, 0.1) is 19.1 Å². The summed E-state index contributed by atoms with van der Waals surface area (Å²) >= 11 is 5.85. The molecule has 11 heteroatoms. The Kier molecular flexibility index (Phi) is 7.78. The minimum Gasteiger partial charge on any atom is -0.476 e. The maximum atomic E-state index is 13.1. The van der Waals surface area contributed by atoms with Crippen molar-refractivity contribution in [3.8, 4) is 5.75 Å². The molecule has 0 spiro atoms. The topological polar surface area (TPSA) is 76.2 Å². The van der Waals surface area contributed by atoms with Crippen LogP contribution < -0.4 is 4.74 Å². The van der Waals surface area contributed by atoms with Crippen LogP contribution in [0.25, 0.3) is 0 Å². The Labute approximate surface area is 212 Å². The van der Waals surface area contributed by atoms with Crippen LogP contribution in [0, 0.1) is 19.8 Å². The predicted octanol–water partition coefficient (Wildman–Crippen LogP) is 5.38. The molecule has 1 heterocycles. The van der Waals surface area contributed by atoms with Crippen LogP contribution in [0.15, 0.2) is 35.0 Å². The van der Waals surface area contributed by atoms with Gasteiger partial charge < -0.3 is 9.47 Å². The maximum Gasteiger partial charge on any atom is 0.396 e. The summed E-state index contributed by atoms with van der Waals surface area (Å²) in [6.07, 6.45) is -2.55. The quantitative estimate of drug-likeness (QED) is 0.351. The Hall–Kier alpha value is -3.01. The van der Waals surface area contributed by atoms with E-state index in [-0.39, 0.29) is 25.4 Å². The van der Waals surface area contributed by atoms with Gasteiger partial charge in [-0.2, -0.15) is 13.2 Å². The summed E-state index contributed by atoms with van der Waals surface area (Å²) in [4.78, 5) is 40.0. The molecule has 0 bridgehead atoms. The summed E-state index contributed by atoms with van der Waals surface area (Å²) in [5.41, 5.74) is 0.987. The minimum absolute atomic E-state index is 0.0344. The van der Waals surface area contributed by atoms with E-state index in [2.05, 4.69) is 0 Å². The van der Waals surface area contributed by atoms with Gasteiger partial charge in [0, 0.05) is 10.7 Å². The smallest absolute Gasteiger partial charge is 0.396 e. The van der Waals surface area contributed by atoms with Crippen LogP contribution in [0.5, 0.6) is 5.75 Å². The summed E-state index contributed by atoms with van der Waals surface area (Å²) in [7, 11) is 0. The Morgan fingerprint density at radius 1 is 1.17 bits per heavy atom. The van der Waals surface area contributed by atoms with Crippen LogP contribution in [0.1, 0.15) is 43.9 Å². The molecule has 0 radical (unpaired) electrons. The van der Waals surface area contributed by atoms with Crippen LogP contribution >= 0.6 is 11.6 Å². The highest BCUT2D eigenvalue weighted by atomic mass is 35.5. The Balaban J connectivity index is 1.76. The monoisotopic (exact) mass is 528 g/mol. The lowest BCUT2D eigenvalue weighted by molar-refractivity contribution is -0.161. The molecule has 1 aromatic rings. The maximum absolute atomic E-state index is 13.1. The number of halogens is 4. The number of rotatable bonds is 7. The SMILES string of the molecule is CCOC(=O)C(C)(C)Oc1c(C)cc(CN2C(=O)CN(C3=CCC(C(F)(F)F)C(Cl)=C3)C2=O)cc1C. The molecule has 1 saturated heterocycles. The molecule has 3 rings (SSSR count). The van der Waals surface area contributed by atoms with Crippen molar-refractivity contribution in [3.05, 3.63) is 51.7 Å². The molecule has 0 saturated carbocycles. The summed E-state index contributed by atoms with van der Waals surface area (Å²) < 4.78 is 50.2. The molecular formula is C25H28ClF3N2O5. The number of hydrogen-bond acceptors (Lipinski definition) is 5. The van der Waals surface area contributed by atoms with E-state index in [4.69, 9.17) is 21.1 Å². The Morgan fingerprint density at radius 3 is 2.31 bits per heavy atom. The highest BCUT2D eigenvalue weighted by Gasteiger charge is 2.44. The number of hydrogen-bond donors (Lipinski definition) is 0. The first-order valence-electron chi connectivity index (χ1n) is 11.4. The summed E-state index contributed by atoms with van der Waals surface area (Å²) in [6.45, 7) is 8.36. The number of urea groups is 1. The van der Waals surface area contributed by atoms with E-state index >= 15 is 0 Å².